The number of aromatic nitrogens is 2. The van der Waals surface area contributed by atoms with Crippen LogP contribution in [0.25, 0.3) is 0 Å². The van der Waals surface area contributed by atoms with E-state index in [4.69, 9.17) is 11.6 Å². The van der Waals surface area contributed by atoms with Crippen molar-refractivity contribution in [3.63, 3.8) is 0 Å². The number of aliphatic hydroxyl groups excluding tert-OH is 1. The summed E-state index contributed by atoms with van der Waals surface area (Å²) in [4.78, 5) is 25.8. The van der Waals surface area contributed by atoms with E-state index in [9.17, 15) is 14.7 Å². The van der Waals surface area contributed by atoms with E-state index >= 15 is 0 Å². The minimum absolute atomic E-state index is 0.0636. The number of rotatable bonds is 4. The van der Waals surface area contributed by atoms with E-state index in [1.807, 2.05) is 0 Å². The second kappa shape index (κ2) is 8.41. The molecule has 9 heteroatoms. The van der Waals surface area contributed by atoms with Crippen LogP contribution in [-0.4, -0.2) is 50.9 Å². The zero-order valence-electron chi connectivity index (χ0n) is 14.9. The zero-order valence-corrected chi connectivity index (χ0v) is 15.7. The van der Waals surface area contributed by atoms with Crippen molar-refractivity contribution in [3.05, 3.63) is 41.6 Å². The number of nitrogens with zero attached hydrogens (tertiary/aromatic N) is 3. The number of urea groups is 1. The van der Waals surface area contributed by atoms with Gasteiger partial charge in [0.2, 0.25) is 0 Å². The van der Waals surface area contributed by atoms with Gasteiger partial charge in [0, 0.05) is 19.2 Å². The maximum atomic E-state index is 12.3. The summed E-state index contributed by atoms with van der Waals surface area (Å²) < 4.78 is 1.76. The number of carbonyl (C=O) groups excluding carboxylic acids is 2. The Kier molecular flexibility index (Phi) is 5.98. The highest BCUT2D eigenvalue weighted by atomic mass is 35.5. The first-order valence-corrected chi connectivity index (χ1v) is 9.16. The van der Waals surface area contributed by atoms with Crippen LogP contribution in [0.4, 0.5) is 16.3 Å². The first kappa shape index (κ1) is 19.2. The minimum Gasteiger partial charge on any atom is -0.384 e. The van der Waals surface area contributed by atoms with Crippen molar-refractivity contribution in [2.75, 3.05) is 23.7 Å². The van der Waals surface area contributed by atoms with Gasteiger partial charge in [-0.3, -0.25) is 10.1 Å². The number of piperidine rings is 1. The SMILES string of the molecule is C[C@@H](O)C(=O)N1CCC(n2nccc2NC(=O)Nc2ccccc2Cl)CC1. The molecule has 2 heterocycles. The van der Waals surface area contributed by atoms with Gasteiger partial charge in [-0.25, -0.2) is 9.48 Å². The number of aliphatic hydroxyl groups is 1. The molecular weight excluding hydrogens is 370 g/mol. The third kappa shape index (κ3) is 4.58. The number of para-hydroxylation sites is 1. The Morgan fingerprint density at radius 2 is 1.93 bits per heavy atom. The maximum Gasteiger partial charge on any atom is 0.324 e. The number of carbonyl (C=O) groups is 2. The Morgan fingerprint density at radius 3 is 2.59 bits per heavy atom. The lowest BCUT2D eigenvalue weighted by molar-refractivity contribution is -0.140. The molecule has 0 unspecified atom stereocenters. The number of halogens is 1. The molecule has 3 rings (SSSR count). The molecule has 1 fully saturated rings. The highest BCUT2D eigenvalue weighted by Gasteiger charge is 2.27. The normalized spacial score (nSPS) is 16.0. The molecule has 1 aromatic heterocycles. The monoisotopic (exact) mass is 391 g/mol. The first-order valence-electron chi connectivity index (χ1n) is 8.78. The first-order chi connectivity index (χ1) is 13.0. The van der Waals surface area contributed by atoms with E-state index in [0.717, 1.165) is 0 Å². The van der Waals surface area contributed by atoms with Crippen molar-refractivity contribution >= 4 is 35.0 Å². The van der Waals surface area contributed by atoms with Gasteiger partial charge in [-0.05, 0) is 31.9 Å². The van der Waals surface area contributed by atoms with E-state index in [2.05, 4.69) is 15.7 Å². The van der Waals surface area contributed by atoms with Crippen LogP contribution in [0.15, 0.2) is 36.5 Å². The number of benzene rings is 1. The number of amides is 3. The van der Waals surface area contributed by atoms with Crippen LogP contribution in [0, 0.1) is 0 Å². The number of nitrogens with one attached hydrogen (secondary N) is 2. The van der Waals surface area contributed by atoms with Crippen molar-refractivity contribution < 1.29 is 14.7 Å². The summed E-state index contributed by atoms with van der Waals surface area (Å²) in [5, 5.41) is 19.7. The Balaban J connectivity index is 1.61. The van der Waals surface area contributed by atoms with Gasteiger partial charge in [-0.1, -0.05) is 23.7 Å². The molecular formula is C18H22ClN5O3. The molecule has 1 aromatic carbocycles. The lowest BCUT2D eigenvalue weighted by Crippen LogP contribution is -2.43. The molecule has 0 spiro atoms. The smallest absolute Gasteiger partial charge is 0.324 e. The lowest BCUT2D eigenvalue weighted by atomic mass is 10.0. The molecule has 3 N–H and O–H groups in total. The lowest BCUT2D eigenvalue weighted by Gasteiger charge is -2.33. The average Bonchev–Trinajstić information content (AvgIpc) is 3.11. The van der Waals surface area contributed by atoms with E-state index in [1.54, 1.807) is 46.1 Å². The Morgan fingerprint density at radius 1 is 1.22 bits per heavy atom. The third-order valence-electron chi connectivity index (χ3n) is 4.51. The molecule has 3 amide bonds. The highest BCUT2D eigenvalue weighted by Crippen LogP contribution is 2.26. The number of likely N-dealkylation sites (tertiary alicyclic amines) is 1. The van der Waals surface area contributed by atoms with Gasteiger partial charge < -0.3 is 15.3 Å². The number of hydrogen-bond acceptors (Lipinski definition) is 4. The molecule has 1 saturated heterocycles. The molecule has 144 valence electrons. The molecule has 0 saturated carbocycles. The second-order valence-corrected chi connectivity index (χ2v) is 6.86. The van der Waals surface area contributed by atoms with Crippen LogP contribution in [0.1, 0.15) is 25.8 Å². The van der Waals surface area contributed by atoms with Gasteiger partial charge in [-0.2, -0.15) is 5.10 Å². The Bertz CT molecular complexity index is 815. The van der Waals surface area contributed by atoms with Gasteiger partial charge >= 0.3 is 6.03 Å². The third-order valence-corrected chi connectivity index (χ3v) is 4.84. The summed E-state index contributed by atoms with van der Waals surface area (Å²) in [7, 11) is 0. The van der Waals surface area contributed by atoms with Gasteiger partial charge in [-0.15, -0.1) is 0 Å². The summed E-state index contributed by atoms with van der Waals surface area (Å²) >= 11 is 6.05. The van der Waals surface area contributed by atoms with E-state index in [-0.39, 0.29) is 11.9 Å². The van der Waals surface area contributed by atoms with Crippen LogP contribution in [-0.2, 0) is 4.79 Å². The maximum absolute atomic E-state index is 12.3. The topological polar surface area (TPSA) is 99.5 Å². The van der Waals surface area contributed by atoms with Gasteiger partial charge in [0.05, 0.1) is 22.9 Å². The fraction of sp³-hybridized carbons (Fsp3) is 0.389. The standard InChI is InChI=1S/C18H22ClN5O3/c1-12(25)17(26)23-10-7-13(8-11-23)24-16(6-9-20-24)22-18(27)21-15-5-3-2-4-14(15)19/h2-6,9,12-13,25H,7-8,10-11H2,1H3,(H2,21,22,27)/t12-/m1/s1. The number of hydrogen-bond donors (Lipinski definition) is 3. The fourth-order valence-corrected chi connectivity index (χ4v) is 3.31. The summed E-state index contributed by atoms with van der Waals surface area (Å²) in [6.07, 6.45) is 2.03. The summed E-state index contributed by atoms with van der Waals surface area (Å²) in [6, 6.07) is 8.36. The molecule has 0 bridgehead atoms. The van der Waals surface area contributed by atoms with Crippen LogP contribution < -0.4 is 10.6 Å². The largest absolute Gasteiger partial charge is 0.384 e. The highest BCUT2D eigenvalue weighted by molar-refractivity contribution is 6.33. The van der Waals surface area contributed by atoms with Gasteiger partial charge in [0.1, 0.15) is 11.9 Å². The van der Waals surface area contributed by atoms with Crippen LogP contribution >= 0.6 is 11.6 Å². The van der Waals surface area contributed by atoms with Crippen molar-refractivity contribution in [1.82, 2.24) is 14.7 Å². The average molecular weight is 392 g/mol. The van der Waals surface area contributed by atoms with Crippen LogP contribution in [0.3, 0.4) is 0 Å². The predicted octanol–water partition coefficient (Wildman–Crippen LogP) is 2.72. The second-order valence-electron chi connectivity index (χ2n) is 6.45. The minimum atomic E-state index is -0.989. The van der Waals surface area contributed by atoms with E-state index < -0.39 is 12.1 Å². The van der Waals surface area contributed by atoms with Crippen molar-refractivity contribution in [2.24, 2.45) is 0 Å². The van der Waals surface area contributed by atoms with E-state index in [1.165, 1.54) is 6.92 Å². The molecule has 2 aromatic rings. The molecule has 1 aliphatic heterocycles. The van der Waals surface area contributed by atoms with Crippen LogP contribution in [0.5, 0.6) is 0 Å². The van der Waals surface area contributed by atoms with E-state index in [0.29, 0.717) is 42.5 Å². The van der Waals surface area contributed by atoms with Gasteiger partial charge in [0.15, 0.2) is 0 Å². The summed E-state index contributed by atoms with van der Waals surface area (Å²) in [6.45, 7) is 2.56. The summed E-state index contributed by atoms with van der Waals surface area (Å²) in [5.41, 5.74) is 0.521. The van der Waals surface area contributed by atoms with Crippen molar-refractivity contribution in [3.8, 4) is 0 Å². The molecule has 0 aliphatic carbocycles. The number of anilines is 2. The Hall–Kier alpha value is -2.58. The molecule has 1 atom stereocenters. The predicted molar refractivity (Wildman–Crippen MR) is 103 cm³/mol. The van der Waals surface area contributed by atoms with Crippen molar-refractivity contribution in [2.45, 2.75) is 31.9 Å². The quantitative estimate of drug-likeness (QED) is 0.746. The van der Waals surface area contributed by atoms with Gasteiger partial charge in [0.25, 0.3) is 5.91 Å². The zero-order chi connectivity index (χ0) is 19.4. The molecule has 8 nitrogen and oxygen atoms in total. The molecule has 27 heavy (non-hydrogen) atoms. The Labute approximate surface area is 162 Å². The molecule has 1 aliphatic rings. The van der Waals surface area contributed by atoms with Crippen molar-refractivity contribution in [1.29, 1.82) is 0 Å². The summed E-state index contributed by atoms with van der Waals surface area (Å²) in [5.74, 6) is 0.311. The van der Waals surface area contributed by atoms with Crippen LogP contribution in [0.2, 0.25) is 5.02 Å². The molecule has 0 radical (unpaired) electrons. The fourth-order valence-electron chi connectivity index (χ4n) is 3.13.